The summed E-state index contributed by atoms with van der Waals surface area (Å²) in [6.07, 6.45) is 9.56. The third-order valence-corrected chi connectivity index (χ3v) is 8.90. The van der Waals surface area contributed by atoms with Crippen molar-refractivity contribution in [1.29, 1.82) is 0 Å². The Morgan fingerprint density at radius 2 is 1.46 bits per heavy atom. The van der Waals surface area contributed by atoms with E-state index in [1.807, 2.05) is 0 Å². The molecule has 4 rings (SSSR count). The molecule has 0 aromatic carbocycles. The third kappa shape index (κ3) is 3.32. The van der Waals surface area contributed by atoms with Gasteiger partial charge in [0.25, 0.3) is 0 Å². The molecule has 0 aromatic heterocycles. The molecule has 3 N–H and O–H groups in total. The predicted molar refractivity (Wildman–Crippen MR) is 99.4 cm³/mol. The van der Waals surface area contributed by atoms with E-state index in [0.717, 1.165) is 49.9 Å². The van der Waals surface area contributed by atoms with Gasteiger partial charge in [0.05, 0.1) is 12.2 Å². The minimum atomic E-state index is -0.670. The van der Waals surface area contributed by atoms with E-state index in [9.17, 15) is 15.0 Å². The van der Waals surface area contributed by atoms with Crippen molar-refractivity contribution in [3.8, 4) is 0 Å². The van der Waals surface area contributed by atoms with Crippen LogP contribution in [0.2, 0.25) is 0 Å². The highest BCUT2D eigenvalue weighted by molar-refractivity contribution is 5.66. The molecule has 4 aliphatic rings. The fourth-order valence-corrected chi connectivity index (χ4v) is 7.79. The Hall–Kier alpha value is -0.610. The Morgan fingerprint density at radius 3 is 2.23 bits per heavy atom. The van der Waals surface area contributed by atoms with Crippen LogP contribution >= 0.6 is 0 Å². The lowest BCUT2D eigenvalue weighted by Crippen LogP contribution is -2.51. The lowest BCUT2D eigenvalue weighted by molar-refractivity contribution is -0.137. The largest absolute Gasteiger partial charge is 0.481 e. The van der Waals surface area contributed by atoms with Gasteiger partial charge in [0, 0.05) is 6.42 Å². The molecule has 0 aliphatic heterocycles. The van der Waals surface area contributed by atoms with Crippen LogP contribution in [0.4, 0.5) is 0 Å². The molecule has 0 amide bonds. The summed E-state index contributed by atoms with van der Waals surface area (Å²) in [5, 5.41) is 29.9. The molecule has 148 valence electrons. The molecule has 0 bridgehead atoms. The van der Waals surface area contributed by atoms with Gasteiger partial charge >= 0.3 is 5.97 Å². The summed E-state index contributed by atoms with van der Waals surface area (Å²) >= 11 is 0. The van der Waals surface area contributed by atoms with Crippen LogP contribution in [-0.4, -0.2) is 33.5 Å². The standard InChI is InChI=1S/C22H36O4/c1-12(2-9-22(25)26)14-5-6-16-15(14)7-8-17-18-4-3-13(23)10-20(18)21(24)11-19(16)17/h12-21,23-24H,2-11H2,1H3,(H,25,26). The summed E-state index contributed by atoms with van der Waals surface area (Å²) in [7, 11) is 0. The van der Waals surface area contributed by atoms with Crippen molar-refractivity contribution in [2.24, 2.45) is 47.3 Å². The van der Waals surface area contributed by atoms with Gasteiger partial charge in [-0.05, 0) is 105 Å². The SMILES string of the molecule is CC(CCC(=O)O)C1CCC2C1CCC1C3CCC(O)CC3C(O)CC21. The van der Waals surface area contributed by atoms with Crippen LogP contribution in [0.5, 0.6) is 0 Å². The molecular weight excluding hydrogens is 328 g/mol. The fourth-order valence-electron chi connectivity index (χ4n) is 7.79. The normalized spacial score (nSPS) is 49.0. The second kappa shape index (κ2) is 7.43. The van der Waals surface area contributed by atoms with Gasteiger partial charge in [0.2, 0.25) is 0 Å². The number of aliphatic carboxylic acids is 1. The Balaban J connectivity index is 1.45. The summed E-state index contributed by atoms with van der Waals surface area (Å²) in [6, 6.07) is 0. The highest BCUT2D eigenvalue weighted by Gasteiger charge is 2.54. The number of carboxylic acid groups (broad SMARTS) is 1. The van der Waals surface area contributed by atoms with Crippen LogP contribution in [0.1, 0.15) is 71.1 Å². The molecule has 0 heterocycles. The lowest BCUT2D eigenvalue weighted by Gasteiger charge is -2.54. The molecule has 0 spiro atoms. The van der Waals surface area contributed by atoms with Crippen LogP contribution in [0.25, 0.3) is 0 Å². The molecule has 4 nitrogen and oxygen atoms in total. The molecule has 0 aromatic rings. The summed E-state index contributed by atoms with van der Waals surface area (Å²) in [5.74, 6) is 4.37. The van der Waals surface area contributed by atoms with Gasteiger partial charge in [-0.1, -0.05) is 6.92 Å². The van der Waals surface area contributed by atoms with E-state index in [2.05, 4.69) is 6.92 Å². The van der Waals surface area contributed by atoms with Crippen molar-refractivity contribution < 1.29 is 20.1 Å². The third-order valence-electron chi connectivity index (χ3n) is 8.90. The predicted octanol–water partition coefficient (Wildman–Crippen LogP) is 3.70. The number of rotatable bonds is 4. The number of aliphatic hydroxyl groups excluding tert-OH is 2. The van der Waals surface area contributed by atoms with Gasteiger partial charge in [-0.3, -0.25) is 4.79 Å². The first-order valence-corrected chi connectivity index (χ1v) is 11.0. The van der Waals surface area contributed by atoms with E-state index in [-0.39, 0.29) is 12.2 Å². The van der Waals surface area contributed by atoms with Crippen molar-refractivity contribution in [2.45, 2.75) is 83.3 Å². The molecule has 26 heavy (non-hydrogen) atoms. The Labute approximate surface area is 157 Å². The number of hydrogen-bond acceptors (Lipinski definition) is 3. The molecule has 0 saturated heterocycles. The molecule has 10 unspecified atom stereocenters. The van der Waals surface area contributed by atoms with Gasteiger partial charge in [0.1, 0.15) is 0 Å². The average molecular weight is 365 g/mol. The first-order chi connectivity index (χ1) is 12.5. The van der Waals surface area contributed by atoms with E-state index in [0.29, 0.717) is 36.0 Å². The fraction of sp³-hybridized carbons (Fsp3) is 0.955. The maximum atomic E-state index is 10.9. The van der Waals surface area contributed by atoms with Gasteiger partial charge in [-0.2, -0.15) is 0 Å². The van der Waals surface area contributed by atoms with E-state index in [1.165, 1.54) is 25.7 Å². The molecule has 10 atom stereocenters. The van der Waals surface area contributed by atoms with Crippen molar-refractivity contribution in [3.05, 3.63) is 0 Å². The highest BCUT2D eigenvalue weighted by atomic mass is 16.4. The number of carboxylic acids is 1. The van der Waals surface area contributed by atoms with Gasteiger partial charge < -0.3 is 15.3 Å². The molecule has 4 saturated carbocycles. The topological polar surface area (TPSA) is 77.8 Å². The zero-order valence-corrected chi connectivity index (χ0v) is 16.1. The van der Waals surface area contributed by atoms with Crippen LogP contribution in [-0.2, 0) is 4.79 Å². The monoisotopic (exact) mass is 364 g/mol. The van der Waals surface area contributed by atoms with Crippen molar-refractivity contribution in [2.75, 3.05) is 0 Å². The maximum Gasteiger partial charge on any atom is 0.303 e. The van der Waals surface area contributed by atoms with Crippen LogP contribution in [0, 0.1) is 47.3 Å². The average Bonchev–Trinajstić information content (AvgIpc) is 3.04. The summed E-state index contributed by atoms with van der Waals surface area (Å²) in [6.45, 7) is 2.26. The molecular formula is C22H36O4. The molecule has 4 heteroatoms. The van der Waals surface area contributed by atoms with Gasteiger partial charge in [-0.25, -0.2) is 0 Å². The quantitative estimate of drug-likeness (QED) is 0.711. The molecule has 4 fully saturated rings. The van der Waals surface area contributed by atoms with Gasteiger partial charge in [-0.15, -0.1) is 0 Å². The Bertz CT molecular complexity index is 520. The molecule has 0 radical (unpaired) electrons. The van der Waals surface area contributed by atoms with Gasteiger partial charge in [0.15, 0.2) is 0 Å². The summed E-state index contributed by atoms with van der Waals surface area (Å²) < 4.78 is 0. The second-order valence-corrected chi connectivity index (χ2v) is 9.98. The maximum absolute atomic E-state index is 10.9. The minimum Gasteiger partial charge on any atom is -0.481 e. The number of aliphatic hydroxyl groups is 2. The van der Waals surface area contributed by atoms with Crippen molar-refractivity contribution >= 4 is 5.97 Å². The highest BCUT2D eigenvalue weighted by Crippen LogP contribution is 2.60. The zero-order chi connectivity index (χ0) is 18.4. The second-order valence-electron chi connectivity index (χ2n) is 9.98. The van der Waals surface area contributed by atoms with E-state index in [1.54, 1.807) is 0 Å². The van der Waals surface area contributed by atoms with Crippen LogP contribution in [0.3, 0.4) is 0 Å². The van der Waals surface area contributed by atoms with E-state index < -0.39 is 5.97 Å². The Morgan fingerprint density at radius 1 is 0.846 bits per heavy atom. The number of carbonyl (C=O) groups is 1. The minimum absolute atomic E-state index is 0.204. The zero-order valence-electron chi connectivity index (χ0n) is 16.1. The van der Waals surface area contributed by atoms with Crippen LogP contribution in [0.15, 0.2) is 0 Å². The van der Waals surface area contributed by atoms with Crippen LogP contribution < -0.4 is 0 Å². The first kappa shape index (κ1) is 18.7. The number of hydrogen-bond donors (Lipinski definition) is 3. The first-order valence-electron chi connectivity index (χ1n) is 11.0. The van der Waals surface area contributed by atoms with Crippen molar-refractivity contribution in [3.63, 3.8) is 0 Å². The van der Waals surface area contributed by atoms with E-state index in [4.69, 9.17) is 5.11 Å². The summed E-state index contributed by atoms with van der Waals surface area (Å²) in [5.41, 5.74) is 0. The molecule has 4 aliphatic carbocycles. The smallest absolute Gasteiger partial charge is 0.303 e. The van der Waals surface area contributed by atoms with Crippen molar-refractivity contribution in [1.82, 2.24) is 0 Å². The lowest BCUT2D eigenvalue weighted by atomic mass is 9.52. The van der Waals surface area contributed by atoms with E-state index >= 15 is 0 Å². The Kier molecular flexibility index (Phi) is 5.35. The number of fused-ring (bicyclic) bond motifs is 5. The summed E-state index contributed by atoms with van der Waals surface area (Å²) in [4.78, 5) is 10.9.